The molecule has 2 unspecified atom stereocenters. The molecular weight excluding hydrogens is 377 g/mol. The quantitative estimate of drug-likeness (QED) is 0.808. The highest BCUT2D eigenvalue weighted by Gasteiger charge is 2.42. The molecule has 136 valence electrons. The molecule has 2 atom stereocenters. The summed E-state index contributed by atoms with van der Waals surface area (Å²) >= 11 is 12.6. The molecule has 0 saturated carbocycles. The van der Waals surface area contributed by atoms with Crippen LogP contribution in [0.1, 0.15) is 24.1 Å². The van der Waals surface area contributed by atoms with E-state index in [-0.39, 0.29) is 33.7 Å². The van der Waals surface area contributed by atoms with Crippen LogP contribution in [0.2, 0.25) is 10.0 Å². The minimum Gasteiger partial charge on any atom is -0.485 e. The number of benzene rings is 1. The second-order valence-electron chi connectivity index (χ2n) is 5.97. The number of hydrogen-bond acceptors (Lipinski definition) is 5. The molecule has 3 rings (SSSR count). The Morgan fingerprint density at radius 1 is 1.19 bits per heavy atom. The van der Waals surface area contributed by atoms with Crippen molar-refractivity contribution in [3.8, 4) is 5.75 Å². The lowest BCUT2D eigenvalue weighted by atomic mass is 9.88. The van der Waals surface area contributed by atoms with Crippen LogP contribution in [0.5, 0.6) is 5.75 Å². The molecule has 26 heavy (non-hydrogen) atoms. The molecule has 8 heteroatoms. The van der Waals surface area contributed by atoms with E-state index in [9.17, 15) is 9.59 Å². The minimum atomic E-state index is -1.08. The van der Waals surface area contributed by atoms with Gasteiger partial charge in [-0.2, -0.15) is 0 Å². The first kappa shape index (κ1) is 18.6. The molecule has 0 spiro atoms. The number of likely N-dealkylation sites (N-methyl/N-ethyl adjacent to an activating group) is 1. The van der Waals surface area contributed by atoms with E-state index in [4.69, 9.17) is 27.9 Å². The smallest absolute Gasteiger partial charge is 0.251 e. The van der Waals surface area contributed by atoms with Crippen LogP contribution >= 0.6 is 23.2 Å². The van der Waals surface area contributed by atoms with E-state index in [1.165, 1.54) is 5.01 Å². The van der Waals surface area contributed by atoms with Gasteiger partial charge in [-0.1, -0.05) is 29.3 Å². The fourth-order valence-electron chi connectivity index (χ4n) is 2.84. The maximum absolute atomic E-state index is 12.7. The molecule has 1 fully saturated rings. The molecule has 0 radical (unpaired) electrons. The summed E-state index contributed by atoms with van der Waals surface area (Å²) in [7, 11) is 1.56. The fourth-order valence-corrected chi connectivity index (χ4v) is 3.32. The molecule has 2 aromatic rings. The van der Waals surface area contributed by atoms with Gasteiger partial charge in [0.25, 0.3) is 5.91 Å². The van der Waals surface area contributed by atoms with E-state index in [0.717, 1.165) is 0 Å². The Morgan fingerprint density at radius 3 is 2.62 bits per heavy atom. The number of pyridine rings is 1. The summed E-state index contributed by atoms with van der Waals surface area (Å²) in [5.74, 6) is -1.57. The number of ketones is 1. The van der Waals surface area contributed by atoms with Crippen molar-refractivity contribution in [2.45, 2.75) is 25.5 Å². The minimum absolute atomic E-state index is 0.132. The zero-order valence-corrected chi connectivity index (χ0v) is 15.7. The molecule has 1 N–H and O–H groups in total. The third-order valence-electron chi connectivity index (χ3n) is 4.15. The third-order valence-corrected chi connectivity index (χ3v) is 4.78. The number of Topliss-reactive ketones (excluding diaryl/α,β-unsaturated/α-hetero) is 1. The van der Waals surface area contributed by atoms with Gasteiger partial charge in [-0.3, -0.25) is 19.6 Å². The first-order valence-corrected chi connectivity index (χ1v) is 8.73. The van der Waals surface area contributed by atoms with Crippen LogP contribution in [-0.2, 0) is 16.2 Å². The number of amides is 1. The first-order chi connectivity index (χ1) is 12.4. The Bertz CT molecular complexity index is 825. The zero-order chi connectivity index (χ0) is 18.8. The highest BCUT2D eigenvalue weighted by Crippen LogP contribution is 2.41. The molecule has 1 saturated heterocycles. The van der Waals surface area contributed by atoms with Gasteiger partial charge in [-0.05, 0) is 31.2 Å². The number of nitrogens with one attached hydrogen (secondary N) is 1. The van der Waals surface area contributed by atoms with E-state index < -0.39 is 17.9 Å². The number of hydrazine groups is 1. The summed E-state index contributed by atoms with van der Waals surface area (Å²) in [6.07, 6.45) is 1.65. The Kier molecular flexibility index (Phi) is 5.46. The number of carbonyl (C=O) groups is 2. The molecular formula is C18H17Cl2N3O3. The highest BCUT2D eigenvalue weighted by molar-refractivity contribution is 6.35. The van der Waals surface area contributed by atoms with Gasteiger partial charge in [0.15, 0.2) is 5.78 Å². The van der Waals surface area contributed by atoms with Crippen LogP contribution in [0.15, 0.2) is 36.5 Å². The molecule has 1 aliphatic heterocycles. The van der Waals surface area contributed by atoms with Crippen LogP contribution in [0.4, 0.5) is 0 Å². The van der Waals surface area contributed by atoms with Crippen LogP contribution in [0, 0.1) is 0 Å². The Hall–Kier alpha value is -2.15. The van der Waals surface area contributed by atoms with Crippen LogP contribution in [-0.4, -0.2) is 34.8 Å². The van der Waals surface area contributed by atoms with Crippen molar-refractivity contribution < 1.29 is 14.3 Å². The monoisotopic (exact) mass is 393 g/mol. The first-order valence-electron chi connectivity index (χ1n) is 7.98. The van der Waals surface area contributed by atoms with Gasteiger partial charge in [0.05, 0.1) is 16.8 Å². The van der Waals surface area contributed by atoms with Crippen molar-refractivity contribution in [1.82, 2.24) is 15.4 Å². The zero-order valence-electron chi connectivity index (χ0n) is 14.2. The molecule has 6 nitrogen and oxygen atoms in total. The molecule has 0 aliphatic carbocycles. The fraction of sp³-hybridized carbons (Fsp3) is 0.278. The number of halogens is 2. The average Bonchev–Trinajstić information content (AvgIpc) is 2.63. The maximum Gasteiger partial charge on any atom is 0.251 e. The van der Waals surface area contributed by atoms with E-state index in [1.807, 2.05) is 6.07 Å². The summed E-state index contributed by atoms with van der Waals surface area (Å²) in [5.41, 5.74) is 3.76. The van der Waals surface area contributed by atoms with Crippen molar-refractivity contribution >= 4 is 34.9 Å². The van der Waals surface area contributed by atoms with Crippen molar-refractivity contribution in [3.05, 3.63) is 57.8 Å². The summed E-state index contributed by atoms with van der Waals surface area (Å²) in [6.45, 7) is 1.82. The maximum atomic E-state index is 12.7. The molecule has 0 bridgehead atoms. The standard InChI is InChI=1S/C18H17Cl2N3O3/c1-10-16(24)15(18(25)23(2)22-10)14-12(19)6-7-13(20)17(14)26-9-11-5-3-4-8-21-11/h3-8,10,15,22H,9H2,1-2H3. The lowest BCUT2D eigenvalue weighted by Gasteiger charge is -2.34. The Labute approximate surface area is 161 Å². The number of carbonyl (C=O) groups excluding carboxylic acids is 2. The van der Waals surface area contributed by atoms with E-state index in [0.29, 0.717) is 5.69 Å². The van der Waals surface area contributed by atoms with Crippen molar-refractivity contribution in [2.75, 3.05) is 7.05 Å². The predicted octanol–water partition coefficient (Wildman–Crippen LogP) is 2.99. The van der Waals surface area contributed by atoms with Crippen molar-refractivity contribution in [3.63, 3.8) is 0 Å². The Balaban J connectivity index is 2.02. The number of aromatic nitrogens is 1. The summed E-state index contributed by atoms with van der Waals surface area (Å²) in [6, 6.07) is 8.02. The number of ether oxygens (including phenoxy) is 1. The van der Waals surface area contributed by atoms with Crippen molar-refractivity contribution in [2.24, 2.45) is 0 Å². The molecule has 2 heterocycles. The normalized spacial score (nSPS) is 20.4. The van der Waals surface area contributed by atoms with Gasteiger partial charge >= 0.3 is 0 Å². The van der Waals surface area contributed by atoms with Crippen LogP contribution < -0.4 is 10.2 Å². The molecule has 1 aliphatic rings. The third kappa shape index (κ3) is 3.53. The largest absolute Gasteiger partial charge is 0.485 e. The molecule has 1 aromatic heterocycles. The van der Waals surface area contributed by atoms with E-state index in [1.54, 1.807) is 44.4 Å². The summed E-state index contributed by atoms with van der Waals surface area (Å²) in [4.78, 5) is 29.5. The van der Waals surface area contributed by atoms with Gasteiger partial charge in [-0.25, -0.2) is 5.43 Å². The number of nitrogens with zero attached hydrogens (tertiary/aromatic N) is 2. The SMILES string of the molecule is CC1NN(C)C(=O)C(c2c(Cl)ccc(Cl)c2OCc2ccccn2)C1=O. The van der Waals surface area contributed by atoms with Crippen molar-refractivity contribution in [1.29, 1.82) is 0 Å². The lowest BCUT2D eigenvalue weighted by Crippen LogP contribution is -2.57. The van der Waals surface area contributed by atoms with Gasteiger partial charge in [0, 0.05) is 23.8 Å². The van der Waals surface area contributed by atoms with Gasteiger partial charge in [-0.15, -0.1) is 0 Å². The Morgan fingerprint density at radius 2 is 1.92 bits per heavy atom. The topological polar surface area (TPSA) is 71.5 Å². The summed E-state index contributed by atoms with van der Waals surface area (Å²) in [5, 5.41) is 1.81. The highest BCUT2D eigenvalue weighted by atomic mass is 35.5. The lowest BCUT2D eigenvalue weighted by molar-refractivity contribution is -0.146. The summed E-state index contributed by atoms with van der Waals surface area (Å²) < 4.78 is 5.83. The van der Waals surface area contributed by atoms with Gasteiger partial charge in [0.2, 0.25) is 0 Å². The predicted molar refractivity (Wildman–Crippen MR) is 98.1 cm³/mol. The van der Waals surface area contributed by atoms with Gasteiger partial charge in [0.1, 0.15) is 18.3 Å². The van der Waals surface area contributed by atoms with Crippen LogP contribution in [0.25, 0.3) is 0 Å². The number of hydrogen-bond donors (Lipinski definition) is 1. The average molecular weight is 394 g/mol. The van der Waals surface area contributed by atoms with Gasteiger partial charge < -0.3 is 4.74 Å². The molecule has 1 aromatic carbocycles. The van der Waals surface area contributed by atoms with E-state index in [2.05, 4.69) is 10.4 Å². The second kappa shape index (κ2) is 7.61. The number of rotatable bonds is 4. The molecule has 1 amide bonds. The van der Waals surface area contributed by atoms with E-state index >= 15 is 0 Å². The second-order valence-corrected chi connectivity index (χ2v) is 6.78. The van der Waals surface area contributed by atoms with Crippen LogP contribution in [0.3, 0.4) is 0 Å².